The third kappa shape index (κ3) is 6.75. The van der Waals surface area contributed by atoms with Crippen LogP contribution in [-0.2, 0) is 0 Å². The van der Waals surface area contributed by atoms with E-state index in [4.69, 9.17) is 67.5 Å². The van der Waals surface area contributed by atoms with Gasteiger partial charge in [-0.25, -0.2) is 0 Å². The van der Waals surface area contributed by atoms with Crippen molar-refractivity contribution in [2.45, 2.75) is 20.3 Å². The Morgan fingerprint density at radius 2 is 1.46 bits per heavy atom. The van der Waals surface area contributed by atoms with E-state index in [1.807, 2.05) is 19.9 Å². The van der Waals surface area contributed by atoms with Gasteiger partial charge in [-0.2, -0.15) is 0 Å². The third-order valence-electron chi connectivity index (χ3n) is 3.50. The summed E-state index contributed by atoms with van der Waals surface area (Å²) in [5.74, 6) is 1.03. The summed E-state index contributed by atoms with van der Waals surface area (Å²) in [7, 11) is 0. The van der Waals surface area contributed by atoms with Crippen LogP contribution in [0.3, 0.4) is 0 Å². The molecule has 0 saturated heterocycles. The Hall–Kier alpha value is -0.770. The van der Waals surface area contributed by atoms with E-state index in [0.717, 1.165) is 0 Å². The van der Waals surface area contributed by atoms with Gasteiger partial charge < -0.3 is 9.47 Å². The van der Waals surface area contributed by atoms with Gasteiger partial charge in [-0.05, 0) is 65.9 Å². The molecule has 140 valence electrons. The van der Waals surface area contributed by atoms with E-state index in [2.05, 4.69) is 0 Å². The Labute approximate surface area is 178 Å². The van der Waals surface area contributed by atoms with Gasteiger partial charge in [-0.1, -0.05) is 60.3 Å². The first-order valence-electron chi connectivity index (χ1n) is 7.75. The van der Waals surface area contributed by atoms with Gasteiger partial charge in [0, 0.05) is 10.0 Å². The molecular formula is C19H17Cl5O2. The van der Waals surface area contributed by atoms with Crippen molar-refractivity contribution in [1.82, 2.24) is 0 Å². The molecule has 0 unspecified atom stereocenters. The second-order valence-electron chi connectivity index (χ2n) is 6.29. The highest BCUT2D eigenvalue weighted by Gasteiger charge is 2.18. The second kappa shape index (κ2) is 9.43. The Balaban J connectivity index is 1.94. The van der Waals surface area contributed by atoms with Crippen molar-refractivity contribution >= 4 is 58.0 Å². The molecule has 0 heterocycles. The fraction of sp³-hybridized carbons (Fsp3) is 0.263. The van der Waals surface area contributed by atoms with Crippen molar-refractivity contribution in [3.63, 3.8) is 0 Å². The molecule has 0 saturated carbocycles. The summed E-state index contributed by atoms with van der Waals surface area (Å²) in [6, 6.07) is 10.1. The van der Waals surface area contributed by atoms with Gasteiger partial charge in [-0.3, -0.25) is 0 Å². The minimum Gasteiger partial charge on any atom is -0.492 e. The lowest BCUT2D eigenvalue weighted by Gasteiger charge is -2.21. The van der Waals surface area contributed by atoms with Gasteiger partial charge in [0.05, 0.1) is 16.7 Å². The van der Waals surface area contributed by atoms with E-state index in [9.17, 15) is 0 Å². The lowest BCUT2D eigenvalue weighted by Crippen LogP contribution is -2.14. The number of allylic oxidation sites excluding steroid dienone is 1. The van der Waals surface area contributed by atoms with Crippen LogP contribution in [-0.4, -0.2) is 6.61 Å². The molecule has 0 radical (unpaired) electrons. The van der Waals surface area contributed by atoms with Gasteiger partial charge in [0.25, 0.3) is 0 Å². The number of halogens is 5. The largest absolute Gasteiger partial charge is 0.492 e. The predicted octanol–water partition coefficient (Wildman–Crippen LogP) is 8.25. The number of benzene rings is 2. The lowest BCUT2D eigenvalue weighted by molar-refractivity contribution is 0.258. The molecule has 2 aromatic carbocycles. The van der Waals surface area contributed by atoms with Crippen LogP contribution < -0.4 is 9.47 Å². The van der Waals surface area contributed by atoms with Crippen LogP contribution in [0.15, 0.2) is 47.7 Å². The zero-order valence-electron chi connectivity index (χ0n) is 14.2. The van der Waals surface area contributed by atoms with Crippen LogP contribution in [0.5, 0.6) is 11.5 Å². The minimum absolute atomic E-state index is 0.226. The third-order valence-corrected chi connectivity index (χ3v) is 4.75. The van der Waals surface area contributed by atoms with Gasteiger partial charge in [-0.15, -0.1) is 0 Å². The maximum Gasteiger partial charge on any atom is 0.190 e. The monoisotopic (exact) mass is 452 g/mol. The Morgan fingerprint density at radius 3 is 2.00 bits per heavy atom. The molecule has 0 atom stereocenters. The molecule has 0 bridgehead atoms. The molecule has 0 aliphatic rings. The van der Waals surface area contributed by atoms with Crippen molar-refractivity contribution in [2.75, 3.05) is 6.61 Å². The van der Waals surface area contributed by atoms with E-state index in [1.165, 1.54) is 0 Å². The van der Waals surface area contributed by atoms with Crippen LogP contribution >= 0.6 is 58.0 Å². The standard InChI is InChI=1S/C19H17Cl5O2/c1-19(2,7-8-25-16-5-3-12(20)9-14(16)22)11-18(24)26-17-6-4-13(21)10-15(17)23/h3-6,9-11H,7-8H2,1-2H3/b18-11-. The number of ether oxygens (including phenoxy) is 2. The minimum atomic E-state index is -0.269. The van der Waals surface area contributed by atoms with Crippen LogP contribution in [0.4, 0.5) is 0 Å². The summed E-state index contributed by atoms with van der Waals surface area (Å²) in [5.41, 5.74) is -0.269. The lowest BCUT2D eigenvalue weighted by atomic mass is 9.90. The van der Waals surface area contributed by atoms with E-state index < -0.39 is 0 Å². The van der Waals surface area contributed by atoms with Crippen molar-refractivity contribution in [2.24, 2.45) is 5.41 Å². The van der Waals surface area contributed by atoms with Gasteiger partial charge >= 0.3 is 0 Å². The van der Waals surface area contributed by atoms with Crippen molar-refractivity contribution in [1.29, 1.82) is 0 Å². The molecule has 0 aliphatic heterocycles. The molecule has 2 rings (SSSR count). The highest BCUT2D eigenvalue weighted by Crippen LogP contribution is 2.33. The fourth-order valence-corrected chi connectivity index (χ4v) is 3.38. The maximum absolute atomic E-state index is 6.22. The zero-order chi connectivity index (χ0) is 19.3. The number of hydrogen-bond donors (Lipinski definition) is 0. The van der Waals surface area contributed by atoms with Crippen LogP contribution in [0.2, 0.25) is 20.1 Å². The van der Waals surface area contributed by atoms with E-state index >= 15 is 0 Å². The number of hydrogen-bond acceptors (Lipinski definition) is 2. The SMILES string of the molecule is CC(C)(/C=C(/Cl)Oc1ccc(Cl)cc1Cl)CCOc1ccc(Cl)cc1Cl. The summed E-state index contributed by atoms with van der Waals surface area (Å²) in [6.07, 6.45) is 2.51. The molecule has 0 fully saturated rings. The summed E-state index contributed by atoms with van der Waals surface area (Å²) in [4.78, 5) is 0. The van der Waals surface area contributed by atoms with E-state index in [-0.39, 0.29) is 10.6 Å². The Bertz CT molecular complexity index is 803. The molecule has 0 amide bonds. The number of rotatable bonds is 7. The maximum atomic E-state index is 6.22. The quantitative estimate of drug-likeness (QED) is 0.392. The first-order valence-corrected chi connectivity index (χ1v) is 9.64. The molecule has 0 spiro atoms. The van der Waals surface area contributed by atoms with E-state index in [0.29, 0.717) is 44.6 Å². The first-order chi connectivity index (χ1) is 12.2. The molecule has 7 heteroatoms. The molecule has 26 heavy (non-hydrogen) atoms. The van der Waals surface area contributed by atoms with Crippen LogP contribution in [0.1, 0.15) is 20.3 Å². The first kappa shape index (κ1) is 21.5. The highest BCUT2D eigenvalue weighted by molar-refractivity contribution is 6.36. The molecule has 2 aromatic rings. The summed E-state index contributed by atoms with van der Waals surface area (Å²) < 4.78 is 11.3. The van der Waals surface area contributed by atoms with Crippen LogP contribution in [0.25, 0.3) is 0 Å². The molecular weight excluding hydrogens is 437 g/mol. The summed E-state index contributed by atoms with van der Waals surface area (Å²) >= 11 is 30.1. The topological polar surface area (TPSA) is 18.5 Å². The highest BCUT2D eigenvalue weighted by atomic mass is 35.5. The average molecular weight is 455 g/mol. The van der Waals surface area contributed by atoms with Crippen molar-refractivity contribution < 1.29 is 9.47 Å². The van der Waals surface area contributed by atoms with E-state index in [1.54, 1.807) is 36.4 Å². The van der Waals surface area contributed by atoms with Crippen molar-refractivity contribution in [3.05, 3.63) is 67.8 Å². The normalized spacial score (nSPS) is 12.2. The molecule has 2 nitrogen and oxygen atoms in total. The Morgan fingerprint density at radius 1 is 0.923 bits per heavy atom. The van der Waals surface area contributed by atoms with Crippen LogP contribution in [0, 0.1) is 5.41 Å². The van der Waals surface area contributed by atoms with Gasteiger partial charge in [0.2, 0.25) is 0 Å². The molecule has 0 N–H and O–H groups in total. The zero-order valence-corrected chi connectivity index (χ0v) is 17.9. The predicted molar refractivity (Wildman–Crippen MR) is 111 cm³/mol. The molecule has 0 aromatic heterocycles. The average Bonchev–Trinajstić information content (AvgIpc) is 2.51. The summed E-state index contributed by atoms with van der Waals surface area (Å²) in [6.45, 7) is 4.50. The Kier molecular flexibility index (Phi) is 7.81. The smallest absolute Gasteiger partial charge is 0.190 e. The summed E-state index contributed by atoms with van der Waals surface area (Å²) in [5, 5.41) is 2.19. The molecule has 0 aliphatic carbocycles. The van der Waals surface area contributed by atoms with Crippen molar-refractivity contribution in [3.8, 4) is 11.5 Å². The van der Waals surface area contributed by atoms with Gasteiger partial charge in [0.1, 0.15) is 11.5 Å². The fourth-order valence-electron chi connectivity index (χ4n) is 2.09. The van der Waals surface area contributed by atoms with Gasteiger partial charge in [0.15, 0.2) is 5.22 Å². The second-order valence-corrected chi connectivity index (χ2v) is 8.35.